The number of hydrogen-bond donors (Lipinski definition) is 3. The van der Waals surface area contributed by atoms with Crippen LogP contribution in [0, 0.1) is 5.92 Å². The quantitative estimate of drug-likeness (QED) is 0.518. The fourth-order valence-corrected chi connectivity index (χ4v) is 1.19. The van der Waals surface area contributed by atoms with E-state index in [9.17, 15) is 8.42 Å². The fourth-order valence-electron chi connectivity index (χ4n) is 0.788. The maximum atomic E-state index is 10.5. The summed E-state index contributed by atoms with van der Waals surface area (Å²) in [6, 6.07) is 0.0896. The molecular formula is C7H18N2O3S. The molecule has 6 heteroatoms. The highest BCUT2D eigenvalue weighted by molar-refractivity contribution is 7.89. The van der Waals surface area contributed by atoms with Crippen molar-refractivity contribution >= 4 is 10.0 Å². The molecule has 0 aromatic rings. The van der Waals surface area contributed by atoms with Crippen LogP contribution < -0.4 is 10.5 Å². The normalized spacial score (nSPS) is 16.9. The predicted molar refractivity (Wildman–Crippen MR) is 51.7 cm³/mol. The Labute approximate surface area is 79.4 Å². The standard InChI is InChI=1S/C7H18N2O3S/c1-6(5-10)7(2)9-3-4-13(8,11)12/h6-7,9-10H,3-5H2,1-2H3,(H2,8,11,12). The molecule has 0 radical (unpaired) electrons. The largest absolute Gasteiger partial charge is 0.396 e. The first-order chi connectivity index (χ1) is 5.87. The summed E-state index contributed by atoms with van der Waals surface area (Å²) in [5, 5.41) is 16.6. The van der Waals surface area contributed by atoms with Crippen LogP contribution in [0.25, 0.3) is 0 Å². The maximum absolute atomic E-state index is 10.5. The summed E-state index contributed by atoms with van der Waals surface area (Å²) in [5.41, 5.74) is 0. The van der Waals surface area contributed by atoms with Crippen LogP contribution >= 0.6 is 0 Å². The molecule has 2 atom stereocenters. The van der Waals surface area contributed by atoms with Crippen LogP contribution in [-0.4, -0.2) is 38.5 Å². The van der Waals surface area contributed by atoms with Gasteiger partial charge in [-0.3, -0.25) is 0 Å². The Morgan fingerprint density at radius 1 is 1.46 bits per heavy atom. The molecule has 0 aromatic heterocycles. The first-order valence-electron chi connectivity index (χ1n) is 4.21. The molecule has 0 heterocycles. The molecule has 0 saturated carbocycles. The van der Waals surface area contributed by atoms with Gasteiger partial charge >= 0.3 is 0 Å². The van der Waals surface area contributed by atoms with Gasteiger partial charge < -0.3 is 10.4 Å². The Kier molecular flexibility index (Phi) is 5.46. The minimum absolute atomic E-state index is 0.0739. The van der Waals surface area contributed by atoms with Crippen LogP contribution in [-0.2, 0) is 10.0 Å². The van der Waals surface area contributed by atoms with E-state index in [-0.39, 0.29) is 24.3 Å². The lowest BCUT2D eigenvalue weighted by Gasteiger charge is -2.18. The highest BCUT2D eigenvalue weighted by Gasteiger charge is 2.10. The topological polar surface area (TPSA) is 92.4 Å². The molecule has 0 aliphatic carbocycles. The van der Waals surface area contributed by atoms with Crippen molar-refractivity contribution in [3.05, 3.63) is 0 Å². The molecule has 13 heavy (non-hydrogen) atoms. The second kappa shape index (κ2) is 5.54. The third-order valence-corrected chi connectivity index (χ3v) is 2.77. The van der Waals surface area contributed by atoms with E-state index in [2.05, 4.69) is 5.32 Å². The first-order valence-corrected chi connectivity index (χ1v) is 5.93. The number of aliphatic hydroxyl groups is 1. The molecule has 0 amide bonds. The van der Waals surface area contributed by atoms with Crippen LogP contribution in [0.3, 0.4) is 0 Å². The van der Waals surface area contributed by atoms with Crippen molar-refractivity contribution in [2.75, 3.05) is 18.9 Å². The molecule has 0 aliphatic rings. The predicted octanol–water partition coefficient (Wildman–Crippen LogP) is -1.12. The van der Waals surface area contributed by atoms with E-state index >= 15 is 0 Å². The van der Waals surface area contributed by atoms with Crippen LogP contribution in [0.5, 0.6) is 0 Å². The van der Waals surface area contributed by atoms with Crippen LogP contribution in [0.4, 0.5) is 0 Å². The number of rotatable bonds is 6. The van der Waals surface area contributed by atoms with Crippen molar-refractivity contribution in [2.45, 2.75) is 19.9 Å². The molecule has 80 valence electrons. The van der Waals surface area contributed by atoms with E-state index < -0.39 is 10.0 Å². The highest BCUT2D eigenvalue weighted by Crippen LogP contribution is 1.99. The number of nitrogens with one attached hydrogen (secondary N) is 1. The maximum Gasteiger partial charge on any atom is 0.210 e. The summed E-state index contributed by atoms with van der Waals surface area (Å²) in [6.45, 7) is 4.19. The third-order valence-electron chi connectivity index (χ3n) is 1.99. The SMILES string of the molecule is CC(CO)C(C)NCCS(N)(=O)=O. The van der Waals surface area contributed by atoms with E-state index in [0.29, 0.717) is 6.54 Å². The summed E-state index contributed by atoms with van der Waals surface area (Å²) in [6.07, 6.45) is 0. The molecule has 0 saturated heterocycles. The van der Waals surface area contributed by atoms with Gasteiger partial charge in [0.1, 0.15) is 0 Å². The van der Waals surface area contributed by atoms with Crippen molar-refractivity contribution in [1.29, 1.82) is 0 Å². The van der Waals surface area contributed by atoms with Crippen molar-refractivity contribution in [2.24, 2.45) is 11.1 Å². The minimum atomic E-state index is -3.38. The van der Waals surface area contributed by atoms with E-state index in [1.54, 1.807) is 0 Å². The highest BCUT2D eigenvalue weighted by atomic mass is 32.2. The second-order valence-electron chi connectivity index (χ2n) is 3.27. The second-order valence-corrected chi connectivity index (χ2v) is 5.00. The first kappa shape index (κ1) is 12.8. The molecule has 0 fully saturated rings. The summed E-state index contributed by atoms with van der Waals surface area (Å²) in [7, 11) is -3.38. The van der Waals surface area contributed by atoms with Gasteiger partial charge in [-0.25, -0.2) is 13.6 Å². The number of sulfonamides is 1. The lowest BCUT2D eigenvalue weighted by molar-refractivity contribution is 0.208. The Morgan fingerprint density at radius 3 is 2.38 bits per heavy atom. The Balaban J connectivity index is 3.65. The molecule has 0 aliphatic heterocycles. The molecule has 0 aromatic carbocycles. The number of nitrogens with two attached hydrogens (primary N) is 1. The fraction of sp³-hybridized carbons (Fsp3) is 1.00. The molecule has 2 unspecified atom stereocenters. The van der Waals surface area contributed by atoms with Gasteiger partial charge in [0.15, 0.2) is 0 Å². The molecule has 0 bridgehead atoms. The number of primary sulfonamides is 1. The van der Waals surface area contributed by atoms with Gasteiger partial charge in [0.05, 0.1) is 5.75 Å². The monoisotopic (exact) mass is 210 g/mol. The molecule has 0 spiro atoms. The van der Waals surface area contributed by atoms with E-state index in [1.807, 2.05) is 13.8 Å². The number of aliphatic hydroxyl groups excluding tert-OH is 1. The van der Waals surface area contributed by atoms with Crippen molar-refractivity contribution < 1.29 is 13.5 Å². The van der Waals surface area contributed by atoms with E-state index in [4.69, 9.17) is 10.2 Å². The molecule has 4 N–H and O–H groups in total. The average Bonchev–Trinajstić information content (AvgIpc) is 2.00. The van der Waals surface area contributed by atoms with Gasteiger partial charge in [-0.05, 0) is 12.8 Å². The number of hydrogen-bond acceptors (Lipinski definition) is 4. The summed E-state index contributed by atoms with van der Waals surface area (Å²) in [5.74, 6) is 0.0376. The van der Waals surface area contributed by atoms with Crippen LogP contribution in [0.15, 0.2) is 0 Å². The van der Waals surface area contributed by atoms with Gasteiger partial charge in [0, 0.05) is 19.2 Å². The zero-order chi connectivity index (χ0) is 10.5. The smallest absolute Gasteiger partial charge is 0.210 e. The Bertz CT molecular complexity index is 228. The van der Waals surface area contributed by atoms with Crippen molar-refractivity contribution in [3.63, 3.8) is 0 Å². The van der Waals surface area contributed by atoms with Crippen molar-refractivity contribution in [3.8, 4) is 0 Å². The van der Waals surface area contributed by atoms with Crippen LogP contribution in [0.2, 0.25) is 0 Å². The summed E-state index contributed by atoms with van der Waals surface area (Å²) >= 11 is 0. The minimum Gasteiger partial charge on any atom is -0.396 e. The Morgan fingerprint density at radius 2 is 2.00 bits per heavy atom. The van der Waals surface area contributed by atoms with Crippen LogP contribution in [0.1, 0.15) is 13.8 Å². The lowest BCUT2D eigenvalue weighted by atomic mass is 10.1. The van der Waals surface area contributed by atoms with Gasteiger partial charge in [-0.2, -0.15) is 0 Å². The lowest BCUT2D eigenvalue weighted by Crippen LogP contribution is -2.37. The van der Waals surface area contributed by atoms with E-state index in [1.165, 1.54) is 0 Å². The van der Waals surface area contributed by atoms with Crippen molar-refractivity contribution in [1.82, 2.24) is 5.32 Å². The average molecular weight is 210 g/mol. The van der Waals surface area contributed by atoms with Gasteiger partial charge in [-0.1, -0.05) is 6.92 Å². The molecular weight excluding hydrogens is 192 g/mol. The van der Waals surface area contributed by atoms with Gasteiger partial charge in [0.25, 0.3) is 0 Å². The summed E-state index contributed by atoms with van der Waals surface area (Å²) in [4.78, 5) is 0. The van der Waals surface area contributed by atoms with Gasteiger partial charge in [-0.15, -0.1) is 0 Å². The van der Waals surface area contributed by atoms with Gasteiger partial charge in [0.2, 0.25) is 10.0 Å². The van der Waals surface area contributed by atoms with E-state index in [0.717, 1.165) is 0 Å². The molecule has 5 nitrogen and oxygen atoms in total. The zero-order valence-corrected chi connectivity index (χ0v) is 8.84. The Hall–Kier alpha value is -0.170. The zero-order valence-electron chi connectivity index (χ0n) is 8.03. The molecule has 0 rings (SSSR count). The summed E-state index contributed by atoms with van der Waals surface area (Å²) < 4.78 is 21.1. The third kappa shape index (κ3) is 6.94.